The molecule has 2 aromatic heterocycles. The Balaban J connectivity index is 1.86. The number of sulfonamides is 1. The molecule has 0 bridgehead atoms. The Labute approximate surface area is 167 Å². The zero-order chi connectivity index (χ0) is 21.4. The van der Waals surface area contributed by atoms with Crippen molar-refractivity contribution < 1.29 is 30.4 Å². The molecule has 0 aliphatic heterocycles. The van der Waals surface area contributed by atoms with Crippen LogP contribution in [0.25, 0.3) is 11.5 Å². The van der Waals surface area contributed by atoms with Crippen LogP contribution in [0.1, 0.15) is 11.6 Å². The number of hydrogen-bond donors (Lipinski definition) is 0. The summed E-state index contributed by atoms with van der Waals surface area (Å²) < 4.78 is 80.8. The summed E-state index contributed by atoms with van der Waals surface area (Å²) in [7, 11) is -3.77. The van der Waals surface area contributed by atoms with Crippen LogP contribution >= 0.6 is 11.6 Å². The van der Waals surface area contributed by atoms with Gasteiger partial charge in [0.2, 0.25) is 15.9 Å². The van der Waals surface area contributed by atoms with Gasteiger partial charge in [0.25, 0.3) is 0 Å². The molecule has 0 fully saturated rings. The number of aromatic nitrogens is 3. The van der Waals surface area contributed by atoms with Crippen molar-refractivity contribution in [2.24, 2.45) is 0 Å². The van der Waals surface area contributed by atoms with Gasteiger partial charge in [-0.05, 0) is 30.3 Å². The van der Waals surface area contributed by atoms with E-state index in [9.17, 15) is 26.0 Å². The second kappa shape index (κ2) is 7.59. The number of nitrogens with zero attached hydrogens (tertiary/aromatic N) is 4. The van der Waals surface area contributed by atoms with Crippen LogP contribution in [-0.4, -0.2) is 29.9 Å². The molecule has 7 nitrogen and oxygen atoms in total. The normalized spacial score (nSPS) is 12.2. The third-order valence-corrected chi connectivity index (χ3v) is 5.07. The van der Waals surface area contributed by atoms with E-state index < -0.39 is 27.9 Å². The summed E-state index contributed by atoms with van der Waals surface area (Å²) >= 11 is 5.72. The van der Waals surface area contributed by atoms with E-state index in [-0.39, 0.29) is 34.4 Å². The number of anilines is 1. The third-order valence-electron chi connectivity index (χ3n) is 3.64. The van der Waals surface area contributed by atoms with Gasteiger partial charge in [-0.1, -0.05) is 11.6 Å². The van der Waals surface area contributed by atoms with Gasteiger partial charge in [0.1, 0.15) is 5.82 Å². The van der Waals surface area contributed by atoms with E-state index in [0.717, 1.165) is 22.7 Å². The summed E-state index contributed by atoms with van der Waals surface area (Å²) in [6, 6.07) is 6.17. The largest absolute Gasteiger partial charge is 0.470 e. The molecule has 0 spiro atoms. The lowest BCUT2D eigenvalue weighted by Gasteiger charge is -2.22. The van der Waals surface area contributed by atoms with Crippen molar-refractivity contribution in [1.29, 1.82) is 0 Å². The SMILES string of the molecule is CS(=O)(=O)N(Cc1ccc(-c2nnc(C(F)(F)F)o2)cn1)c1ccc(F)c(Cl)c1. The summed E-state index contributed by atoms with van der Waals surface area (Å²) in [4.78, 5) is 4.02. The number of alkyl halides is 3. The zero-order valence-electron chi connectivity index (χ0n) is 14.5. The van der Waals surface area contributed by atoms with Crippen molar-refractivity contribution >= 4 is 27.3 Å². The van der Waals surface area contributed by atoms with E-state index in [1.807, 2.05) is 0 Å². The van der Waals surface area contributed by atoms with E-state index in [4.69, 9.17) is 11.6 Å². The molecule has 29 heavy (non-hydrogen) atoms. The van der Waals surface area contributed by atoms with Gasteiger partial charge in [-0.2, -0.15) is 13.2 Å². The number of pyridine rings is 1. The van der Waals surface area contributed by atoms with Crippen molar-refractivity contribution in [3.63, 3.8) is 0 Å². The van der Waals surface area contributed by atoms with Crippen LogP contribution in [0.5, 0.6) is 0 Å². The number of hydrogen-bond acceptors (Lipinski definition) is 6. The molecular weight excluding hydrogens is 440 g/mol. The Morgan fingerprint density at radius 2 is 1.90 bits per heavy atom. The average Bonchev–Trinajstić information content (AvgIpc) is 3.12. The Morgan fingerprint density at radius 3 is 2.41 bits per heavy atom. The topological polar surface area (TPSA) is 89.2 Å². The summed E-state index contributed by atoms with van der Waals surface area (Å²) in [5.41, 5.74) is 0.499. The average molecular weight is 451 g/mol. The van der Waals surface area contributed by atoms with Gasteiger partial charge in [-0.25, -0.2) is 12.8 Å². The number of halogens is 5. The molecule has 0 atom stereocenters. The lowest BCUT2D eigenvalue weighted by atomic mass is 10.2. The van der Waals surface area contributed by atoms with E-state index >= 15 is 0 Å². The van der Waals surface area contributed by atoms with Gasteiger partial charge in [-0.3, -0.25) is 9.29 Å². The van der Waals surface area contributed by atoms with Crippen LogP contribution in [0, 0.1) is 5.82 Å². The summed E-state index contributed by atoms with van der Waals surface area (Å²) in [5, 5.41) is 5.98. The van der Waals surface area contributed by atoms with Crippen LogP contribution in [0.3, 0.4) is 0 Å². The maximum atomic E-state index is 13.4. The summed E-state index contributed by atoms with van der Waals surface area (Å²) in [5.74, 6) is -2.58. The van der Waals surface area contributed by atoms with Crippen molar-refractivity contribution in [3.8, 4) is 11.5 Å². The molecule has 1 aromatic carbocycles. The quantitative estimate of drug-likeness (QED) is 0.547. The Morgan fingerprint density at radius 1 is 1.17 bits per heavy atom. The maximum Gasteiger partial charge on any atom is 0.470 e. The van der Waals surface area contributed by atoms with Gasteiger partial charge in [0.15, 0.2) is 0 Å². The molecule has 0 unspecified atom stereocenters. The van der Waals surface area contributed by atoms with Gasteiger partial charge >= 0.3 is 12.1 Å². The minimum atomic E-state index is -4.77. The van der Waals surface area contributed by atoms with Crippen molar-refractivity contribution in [1.82, 2.24) is 15.2 Å². The highest BCUT2D eigenvalue weighted by Crippen LogP contribution is 2.30. The van der Waals surface area contributed by atoms with Crippen LogP contribution in [-0.2, 0) is 22.7 Å². The highest BCUT2D eigenvalue weighted by Gasteiger charge is 2.38. The molecule has 0 radical (unpaired) electrons. The number of benzene rings is 1. The fourth-order valence-electron chi connectivity index (χ4n) is 2.29. The van der Waals surface area contributed by atoms with Gasteiger partial charge < -0.3 is 4.42 Å². The third kappa shape index (κ3) is 4.82. The Bertz CT molecular complexity index is 1130. The Kier molecular flexibility index (Phi) is 5.50. The fraction of sp³-hybridized carbons (Fsp3) is 0.188. The zero-order valence-corrected chi connectivity index (χ0v) is 16.1. The second-order valence-electron chi connectivity index (χ2n) is 5.82. The molecule has 0 N–H and O–H groups in total. The van der Waals surface area contributed by atoms with Crippen LogP contribution in [0.15, 0.2) is 40.9 Å². The fourth-order valence-corrected chi connectivity index (χ4v) is 3.32. The van der Waals surface area contributed by atoms with Crippen LogP contribution in [0.2, 0.25) is 5.02 Å². The maximum absolute atomic E-state index is 13.4. The molecule has 0 amide bonds. The first kappa shape index (κ1) is 21.0. The molecule has 3 rings (SSSR count). The van der Waals surface area contributed by atoms with Gasteiger partial charge in [-0.15, -0.1) is 10.2 Å². The lowest BCUT2D eigenvalue weighted by Crippen LogP contribution is -2.29. The van der Waals surface area contributed by atoms with Crippen LogP contribution < -0.4 is 4.31 Å². The molecule has 0 aliphatic carbocycles. The van der Waals surface area contributed by atoms with Gasteiger partial charge in [0, 0.05) is 6.20 Å². The molecular formula is C16H11ClF4N4O3S. The first-order valence-corrected chi connectivity index (χ1v) is 9.96. The van der Waals surface area contributed by atoms with Crippen molar-refractivity contribution in [3.05, 3.63) is 59.0 Å². The van der Waals surface area contributed by atoms with Crippen LogP contribution in [0.4, 0.5) is 23.2 Å². The highest BCUT2D eigenvalue weighted by atomic mass is 35.5. The molecule has 2 heterocycles. The monoisotopic (exact) mass is 450 g/mol. The molecule has 13 heteroatoms. The molecule has 154 valence electrons. The lowest BCUT2D eigenvalue weighted by molar-refractivity contribution is -0.156. The minimum absolute atomic E-state index is 0.118. The van der Waals surface area contributed by atoms with Crippen molar-refractivity contribution in [2.75, 3.05) is 10.6 Å². The molecule has 0 saturated heterocycles. The van der Waals surface area contributed by atoms with E-state index in [1.165, 1.54) is 24.4 Å². The second-order valence-corrected chi connectivity index (χ2v) is 8.13. The van der Waals surface area contributed by atoms with E-state index in [0.29, 0.717) is 0 Å². The first-order chi connectivity index (χ1) is 13.4. The smallest absolute Gasteiger partial charge is 0.413 e. The first-order valence-electron chi connectivity index (χ1n) is 7.74. The highest BCUT2D eigenvalue weighted by molar-refractivity contribution is 7.92. The Hall–Kier alpha value is -2.73. The summed E-state index contributed by atoms with van der Waals surface area (Å²) in [6.07, 6.45) is -2.65. The van der Waals surface area contributed by atoms with E-state index in [1.54, 1.807) is 0 Å². The summed E-state index contributed by atoms with van der Waals surface area (Å²) in [6.45, 7) is -0.224. The molecule has 0 aliphatic rings. The standard InChI is InChI=1S/C16H11ClF4N4O3S/c1-29(26,27)25(11-4-5-13(18)12(17)6-11)8-10-3-2-9(7-22-10)14-23-24-15(28-14)16(19,20)21/h2-7H,8H2,1H3. The predicted molar refractivity (Wildman–Crippen MR) is 95.0 cm³/mol. The number of rotatable bonds is 5. The van der Waals surface area contributed by atoms with Gasteiger partial charge in [0.05, 0.1) is 34.8 Å². The molecule has 3 aromatic rings. The molecule has 0 saturated carbocycles. The predicted octanol–water partition coefficient (Wildman–Crippen LogP) is 3.91. The van der Waals surface area contributed by atoms with Crippen molar-refractivity contribution in [2.45, 2.75) is 12.7 Å². The van der Waals surface area contributed by atoms with E-state index in [2.05, 4.69) is 19.6 Å². The minimum Gasteiger partial charge on any atom is -0.413 e.